The van der Waals surface area contributed by atoms with Crippen LogP contribution in [0.2, 0.25) is 0 Å². The van der Waals surface area contributed by atoms with E-state index in [1.807, 2.05) is 48.5 Å². The second-order valence-corrected chi connectivity index (χ2v) is 7.99. The van der Waals surface area contributed by atoms with Crippen LogP contribution in [0.3, 0.4) is 0 Å². The van der Waals surface area contributed by atoms with E-state index < -0.39 is 5.91 Å². The van der Waals surface area contributed by atoms with Crippen molar-refractivity contribution in [3.05, 3.63) is 77.4 Å². The number of likely N-dealkylation sites (N-methyl/N-ethyl adjacent to an activating group) is 1. The number of ketones is 1. The number of piperazine rings is 1. The molecule has 0 aliphatic carbocycles. The summed E-state index contributed by atoms with van der Waals surface area (Å²) in [5.41, 5.74) is 4.97. The largest absolute Gasteiger partial charge is 0.368 e. The molecule has 6 nitrogen and oxygen atoms in total. The SMILES string of the molecule is C[C@@H]1CN(c2ccc(C(=O)/C=C/c3cccc(/C=C/C(=O)NO)c3)cc2)C[C@H](C)N1C. The molecule has 6 heteroatoms. The van der Waals surface area contributed by atoms with Gasteiger partial charge in [-0.2, -0.15) is 0 Å². The highest BCUT2D eigenvalue weighted by molar-refractivity contribution is 6.07. The number of rotatable bonds is 6. The number of allylic oxidation sites excluding steroid dienone is 1. The third kappa shape index (κ3) is 5.90. The molecule has 0 saturated carbocycles. The van der Waals surface area contributed by atoms with E-state index >= 15 is 0 Å². The van der Waals surface area contributed by atoms with Crippen LogP contribution in [-0.4, -0.2) is 54.0 Å². The number of anilines is 1. The van der Waals surface area contributed by atoms with E-state index in [0.717, 1.165) is 29.9 Å². The van der Waals surface area contributed by atoms with Crippen molar-refractivity contribution in [2.24, 2.45) is 0 Å². The molecule has 1 fully saturated rings. The lowest BCUT2D eigenvalue weighted by Crippen LogP contribution is -2.55. The zero-order valence-corrected chi connectivity index (χ0v) is 18.2. The zero-order valence-electron chi connectivity index (χ0n) is 18.2. The average Bonchev–Trinajstić information content (AvgIpc) is 2.79. The molecule has 3 rings (SSSR count). The van der Waals surface area contributed by atoms with Crippen molar-refractivity contribution in [1.29, 1.82) is 0 Å². The Labute approximate surface area is 183 Å². The van der Waals surface area contributed by atoms with Crippen molar-refractivity contribution in [2.45, 2.75) is 25.9 Å². The van der Waals surface area contributed by atoms with Crippen LogP contribution in [0.5, 0.6) is 0 Å². The fourth-order valence-corrected chi connectivity index (χ4v) is 3.70. The molecule has 0 radical (unpaired) electrons. The van der Waals surface area contributed by atoms with Gasteiger partial charge in [-0.05, 0) is 74.5 Å². The predicted octanol–water partition coefficient (Wildman–Crippen LogP) is 3.63. The van der Waals surface area contributed by atoms with E-state index in [4.69, 9.17) is 5.21 Å². The number of nitrogens with zero attached hydrogens (tertiary/aromatic N) is 2. The van der Waals surface area contributed by atoms with Crippen molar-refractivity contribution in [2.75, 3.05) is 25.0 Å². The van der Waals surface area contributed by atoms with Crippen molar-refractivity contribution >= 4 is 29.5 Å². The van der Waals surface area contributed by atoms with Crippen molar-refractivity contribution in [3.63, 3.8) is 0 Å². The molecule has 1 amide bonds. The predicted molar refractivity (Wildman–Crippen MR) is 124 cm³/mol. The molecule has 2 atom stereocenters. The van der Waals surface area contributed by atoms with Gasteiger partial charge in [0.15, 0.2) is 5.78 Å². The topological polar surface area (TPSA) is 72.9 Å². The number of nitrogens with one attached hydrogen (secondary N) is 1. The third-order valence-electron chi connectivity index (χ3n) is 5.75. The lowest BCUT2D eigenvalue weighted by molar-refractivity contribution is -0.124. The minimum atomic E-state index is -0.597. The summed E-state index contributed by atoms with van der Waals surface area (Å²) in [7, 11) is 2.17. The quantitative estimate of drug-likeness (QED) is 0.324. The minimum Gasteiger partial charge on any atom is -0.368 e. The second-order valence-electron chi connectivity index (χ2n) is 7.99. The summed E-state index contributed by atoms with van der Waals surface area (Å²) in [6.07, 6.45) is 6.13. The first-order valence-corrected chi connectivity index (χ1v) is 10.4. The Balaban J connectivity index is 1.65. The molecule has 31 heavy (non-hydrogen) atoms. The van der Waals surface area contributed by atoms with Crippen LogP contribution < -0.4 is 10.4 Å². The number of benzene rings is 2. The lowest BCUT2D eigenvalue weighted by atomic mass is 10.1. The van der Waals surface area contributed by atoms with Crippen molar-refractivity contribution < 1.29 is 14.8 Å². The summed E-state index contributed by atoms with van der Waals surface area (Å²) in [6.45, 7) is 6.41. The first-order chi connectivity index (χ1) is 14.9. The molecule has 1 aliphatic heterocycles. The fourth-order valence-electron chi connectivity index (χ4n) is 3.70. The number of hydrogen-bond donors (Lipinski definition) is 2. The van der Waals surface area contributed by atoms with Gasteiger partial charge in [-0.15, -0.1) is 0 Å². The van der Waals surface area contributed by atoms with Crippen LogP contribution in [0, 0.1) is 0 Å². The van der Waals surface area contributed by atoms with Gasteiger partial charge in [0.2, 0.25) is 0 Å². The molecule has 0 bridgehead atoms. The van der Waals surface area contributed by atoms with Gasteiger partial charge in [-0.3, -0.25) is 19.7 Å². The molecular formula is C25H29N3O3. The lowest BCUT2D eigenvalue weighted by Gasteiger charge is -2.43. The number of hydroxylamine groups is 1. The second kappa shape index (κ2) is 10.2. The monoisotopic (exact) mass is 419 g/mol. The standard InChI is InChI=1S/C25H29N3O3/c1-18-16-28(17-19(2)27(18)3)23-11-9-22(10-12-23)24(29)13-7-20-5-4-6-21(15-20)8-14-25(30)26-31/h4-15,18-19,31H,16-17H2,1-3H3,(H,26,30)/b13-7+,14-8+/t18-,19+. The first kappa shape index (κ1) is 22.5. The summed E-state index contributed by atoms with van der Waals surface area (Å²) >= 11 is 0. The number of hydrogen-bond acceptors (Lipinski definition) is 5. The Morgan fingerprint density at radius 1 is 0.968 bits per heavy atom. The molecule has 2 aromatic carbocycles. The minimum absolute atomic E-state index is 0.0627. The molecule has 2 aromatic rings. The molecule has 0 spiro atoms. The van der Waals surface area contributed by atoms with Gasteiger partial charge in [-0.25, -0.2) is 5.48 Å². The van der Waals surface area contributed by atoms with Crippen LogP contribution in [0.4, 0.5) is 5.69 Å². The van der Waals surface area contributed by atoms with E-state index in [1.165, 1.54) is 6.08 Å². The Morgan fingerprint density at radius 3 is 2.13 bits per heavy atom. The summed E-state index contributed by atoms with van der Waals surface area (Å²) in [5, 5.41) is 8.54. The molecule has 162 valence electrons. The van der Waals surface area contributed by atoms with Crippen molar-refractivity contribution in [1.82, 2.24) is 10.4 Å². The van der Waals surface area contributed by atoms with Gasteiger partial charge in [0.1, 0.15) is 0 Å². The average molecular weight is 420 g/mol. The highest BCUT2D eigenvalue weighted by atomic mass is 16.5. The maximum absolute atomic E-state index is 12.6. The van der Waals surface area contributed by atoms with Crippen LogP contribution in [0.25, 0.3) is 12.2 Å². The molecular weight excluding hydrogens is 390 g/mol. The van der Waals surface area contributed by atoms with Crippen LogP contribution in [-0.2, 0) is 4.79 Å². The third-order valence-corrected chi connectivity index (χ3v) is 5.75. The Hall–Kier alpha value is -3.22. The Kier molecular flexibility index (Phi) is 7.39. The van der Waals surface area contributed by atoms with Gasteiger partial charge < -0.3 is 4.90 Å². The van der Waals surface area contributed by atoms with E-state index in [2.05, 4.69) is 30.7 Å². The maximum Gasteiger partial charge on any atom is 0.267 e. The summed E-state index contributed by atoms with van der Waals surface area (Å²) in [5.74, 6) is -0.660. The van der Waals surface area contributed by atoms with E-state index in [-0.39, 0.29) is 5.78 Å². The molecule has 1 aliphatic rings. The summed E-state index contributed by atoms with van der Waals surface area (Å²) < 4.78 is 0. The Morgan fingerprint density at radius 2 is 1.55 bits per heavy atom. The smallest absolute Gasteiger partial charge is 0.267 e. The van der Waals surface area contributed by atoms with E-state index in [0.29, 0.717) is 17.6 Å². The molecule has 0 unspecified atom stereocenters. The molecule has 1 heterocycles. The van der Waals surface area contributed by atoms with Gasteiger partial charge in [0, 0.05) is 42.5 Å². The van der Waals surface area contributed by atoms with Crippen LogP contribution in [0.15, 0.2) is 60.7 Å². The number of carbonyl (C=O) groups excluding carboxylic acids is 2. The van der Waals surface area contributed by atoms with Gasteiger partial charge in [0.25, 0.3) is 5.91 Å². The first-order valence-electron chi connectivity index (χ1n) is 10.4. The highest BCUT2D eigenvalue weighted by Gasteiger charge is 2.26. The molecule has 0 aromatic heterocycles. The zero-order chi connectivity index (χ0) is 22.4. The summed E-state index contributed by atoms with van der Waals surface area (Å²) in [6, 6.07) is 16.2. The van der Waals surface area contributed by atoms with Gasteiger partial charge in [-0.1, -0.05) is 24.3 Å². The van der Waals surface area contributed by atoms with Gasteiger partial charge >= 0.3 is 0 Å². The molecule has 2 N–H and O–H groups in total. The van der Waals surface area contributed by atoms with Crippen LogP contribution >= 0.6 is 0 Å². The summed E-state index contributed by atoms with van der Waals surface area (Å²) in [4.78, 5) is 28.5. The van der Waals surface area contributed by atoms with E-state index in [9.17, 15) is 9.59 Å². The maximum atomic E-state index is 12.6. The number of amides is 1. The molecule has 1 saturated heterocycles. The van der Waals surface area contributed by atoms with Crippen molar-refractivity contribution in [3.8, 4) is 0 Å². The Bertz CT molecular complexity index is 970. The number of carbonyl (C=O) groups is 2. The van der Waals surface area contributed by atoms with Gasteiger partial charge in [0.05, 0.1) is 0 Å². The van der Waals surface area contributed by atoms with E-state index in [1.54, 1.807) is 23.7 Å². The van der Waals surface area contributed by atoms with Crippen LogP contribution in [0.1, 0.15) is 35.3 Å². The highest BCUT2D eigenvalue weighted by Crippen LogP contribution is 2.22. The normalized spacial score (nSPS) is 19.8. The fraction of sp³-hybridized carbons (Fsp3) is 0.280.